The van der Waals surface area contributed by atoms with Crippen molar-refractivity contribution in [3.63, 3.8) is 0 Å². The van der Waals surface area contributed by atoms with E-state index in [-0.39, 0.29) is 23.6 Å². The predicted molar refractivity (Wildman–Crippen MR) is 83.7 cm³/mol. The normalized spacial score (nSPS) is 10.4. The number of carbonyl (C=O) groups excluding carboxylic acids is 1. The lowest BCUT2D eigenvalue weighted by Crippen LogP contribution is -2.24. The summed E-state index contributed by atoms with van der Waals surface area (Å²) < 4.78 is 0. The first-order valence-corrected chi connectivity index (χ1v) is 7.56. The van der Waals surface area contributed by atoms with Gasteiger partial charge in [0.25, 0.3) is 5.91 Å². The van der Waals surface area contributed by atoms with Gasteiger partial charge in [0, 0.05) is 19.5 Å². The van der Waals surface area contributed by atoms with Gasteiger partial charge in [0.15, 0.2) is 0 Å². The van der Waals surface area contributed by atoms with Crippen LogP contribution >= 0.6 is 0 Å². The number of phenols is 1. The third-order valence-electron chi connectivity index (χ3n) is 3.39. The molecule has 5 N–H and O–H groups in total. The molecule has 122 valence electrons. The van der Waals surface area contributed by atoms with Crippen molar-refractivity contribution in [1.29, 1.82) is 0 Å². The maximum atomic E-state index is 12.0. The van der Waals surface area contributed by atoms with E-state index in [9.17, 15) is 14.7 Å². The average Bonchev–Trinajstić information content (AvgIpc) is 2.49. The molecule has 1 aromatic carbocycles. The van der Waals surface area contributed by atoms with Gasteiger partial charge in [0.05, 0.1) is 5.56 Å². The summed E-state index contributed by atoms with van der Waals surface area (Å²) in [5.74, 6) is -1.12. The fourth-order valence-corrected chi connectivity index (χ4v) is 2.12. The number of carboxylic acids is 1. The smallest absolute Gasteiger partial charge is 0.303 e. The second-order valence-electron chi connectivity index (χ2n) is 5.22. The third kappa shape index (κ3) is 6.58. The first kappa shape index (κ1) is 18.0. The summed E-state index contributed by atoms with van der Waals surface area (Å²) in [5, 5.41) is 21.0. The number of aliphatic carboxylic acids is 1. The number of aromatic hydroxyl groups is 1. The molecule has 0 radical (unpaired) electrons. The predicted octanol–water partition coefficient (Wildman–Crippen LogP) is 2.01. The van der Waals surface area contributed by atoms with Gasteiger partial charge < -0.3 is 21.3 Å². The van der Waals surface area contributed by atoms with Gasteiger partial charge in [-0.15, -0.1) is 0 Å². The first-order valence-electron chi connectivity index (χ1n) is 7.56. The number of nitrogens with two attached hydrogens (primary N) is 1. The van der Waals surface area contributed by atoms with E-state index in [1.165, 1.54) is 6.07 Å². The van der Waals surface area contributed by atoms with Crippen LogP contribution in [0.4, 0.5) is 0 Å². The van der Waals surface area contributed by atoms with Gasteiger partial charge in [-0.1, -0.05) is 25.3 Å². The molecule has 0 aliphatic carbocycles. The van der Waals surface area contributed by atoms with E-state index >= 15 is 0 Å². The monoisotopic (exact) mass is 308 g/mol. The molecule has 0 saturated carbocycles. The summed E-state index contributed by atoms with van der Waals surface area (Å²) in [5.41, 5.74) is 6.55. The zero-order chi connectivity index (χ0) is 16.4. The van der Waals surface area contributed by atoms with Crippen LogP contribution in [-0.2, 0) is 11.3 Å². The summed E-state index contributed by atoms with van der Waals surface area (Å²) in [6.07, 6.45) is 4.52. The summed E-state index contributed by atoms with van der Waals surface area (Å²) in [6, 6.07) is 4.75. The van der Waals surface area contributed by atoms with Crippen LogP contribution < -0.4 is 11.1 Å². The minimum atomic E-state index is -0.758. The molecular formula is C16H24N2O4. The Morgan fingerprint density at radius 1 is 1.09 bits per heavy atom. The molecule has 1 amide bonds. The maximum Gasteiger partial charge on any atom is 0.303 e. The molecule has 0 bridgehead atoms. The van der Waals surface area contributed by atoms with Crippen LogP contribution in [0.1, 0.15) is 54.4 Å². The SMILES string of the molecule is NCc1ccc(O)c(C(=O)NCCCCCCCC(=O)O)c1. The van der Waals surface area contributed by atoms with Crippen LogP contribution in [0.25, 0.3) is 0 Å². The Balaban J connectivity index is 2.22. The molecule has 0 unspecified atom stereocenters. The van der Waals surface area contributed by atoms with Crippen LogP contribution in [0.2, 0.25) is 0 Å². The van der Waals surface area contributed by atoms with Crippen LogP contribution in [0.15, 0.2) is 18.2 Å². The largest absolute Gasteiger partial charge is 0.507 e. The molecule has 0 atom stereocenters. The van der Waals surface area contributed by atoms with E-state index in [4.69, 9.17) is 10.8 Å². The minimum Gasteiger partial charge on any atom is -0.507 e. The van der Waals surface area contributed by atoms with Crippen molar-refractivity contribution in [1.82, 2.24) is 5.32 Å². The Bertz CT molecular complexity index is 503. The summed E-state index contributed by atoms with van der Waals surface area (Å²) >= 11 is 0. The number of carboxylic acid groups (broad SMARTS) is 1. The highest BCUT2D eigenvalue weighted by Crippen LogP contribution is 2.18. The number of nitrogens with one attached hydrogen (secondary N) is 1. The van der Waals surface area contributed by atoms with Gasteiger partial charge in [-0.25, -0.2) is 0 Å². The maximum absolute atomic E-state index is 12.0. The molecular weight excluding hydrogens is 284 g/mol. The standard InChI is InChI=1S/C16H24N2O4/c17-11-12-7-8-14(19)13(10-12)16(22)18-9-5-3-1-2-4-6-15(20)21/h7-8,10,19H,1-6,9,11,17H2,(H,18,22)(H,20,21). The van der Waals surface area contributed by atoms with Gasteiger partial charge in [-0.2, -0.15) is 0 Å². The fourth-order valence-electron chi connectivity index (χ4n) is 2.12. The van der Waals surface area contributed by atoms with E-state index in [2.05, 4.69) is 5.32 Å². The molecule has 0 heterocycles. The van der Waals surface area contributed by atoms with Crippen LogP contribution in [-0.4, -0.2) is 28.6 Å². The fraction of sp³-hybridized carbons (Fsp3) is 0.500. The van der Waals surface area contributed by atoms with Crippen molar-refractivity contribution in [2.24, 2.45) is 5.73 Å². The van der Waals surface area contributed by atoms with Crippen molar-refractivity contribution in [3.05, 3.63) is 29.3 Å². The molecule has 22 heavy (non-hydrogen) atoms. The number of rotatable bonds is 10. The number of benzene rings is 1. The summed E-state index contributed by atoms with van der Waals surface area (Å²) in [6.45, 7) is 0.848. The Hall–Kier alpha value is -2.08. The second kappa shape index (κ2) is 9.78. The zero-order valence-electron chi connectivity index (χ0n) is 12.7. The number of amides is 1. The Morgan fingerprint density at radius 2 is 1.77 bits per heavy atom. The molecule has 0 aromatic heterocycles. The van der Waals surface area contributed by atoms with Crippen LogP contribution in [0.3, 0.4) is 0 Å². The van der Waals surface area contributed by atoms with E-state index in [1.54, 1.807) is 12.1 Å². The molecule has 0 spiro atoms. The quantitative estimate of drug-likeness (QED) is 0.494. The van der Waals surface area contributed by atoms with Gasteiger partial charge in [-0.05, 0) is 30.5 Å². The second-order valence-corrected chi connectivity index (χ2v) is 5.22. The number of unbranched alkanes of at least 4 members (excludes halogenated alkanes) is 4. The highest BCUT2D eigenvalue weighted by atomic mass is 16.4. The number of carbonyl (C=O) groups is 2. The highest BCUT2D eigenvalue weighted by molar-refractivity contribution is 5.96. The Labute approximate surface area is 130 Å². The summed E-state index contributed by atoms with van der Waals surface area (Å²) in [7, 11) is 0. The lowest BCUT2D eigenvalue weighted by atomic mass is 10.1. The van der Waals surface area contributed by atoms with E-state index in [0.29, 0.717) is 19.5 Å². The lowest BCUT2D eigenvalue weighted by molar-refractivity contribution is -0.137. The molecule has 1 rings (SSSR count). The molecule has 0 aliphatic rings. The van der Waals surface area contributed by atoms with E-state index < -0.39 is 5.97 Å². The minimum absolute atomic E-state index is 0.0524. The molecule has 6 nitrogen and oxygen atoms in total. The van der Waals surface area contributed by atoms with E-state index in [0.717, 1.165) is 31.2 Å². The summed E-state index contributed by atoms with van der Waals surface area (Å²) in [4.78, 5) is 22.3. The van der Waals surface area contributed by atoms with E-state index in [1.807, 2.05) is 0 Å². The molecule has 0 fully saturated rings. The molecule has 0 aliphatic heterocycles. The van der Waals surface area contributed by atoms with Gasteiger partial charge in [0.2, 0.25) is 0 Å². The van der Waals surface area contributed by atoms with Crippen molar-refractivity contribution in [2.45, 2.75) is 45.1 Å². The van der Waals surface area contributed by atoms with Crippen molar-refractivity contribution in [2.75, 3.05) is 6.54 Å². The van der Waals surface area contributed by atoms with Crippen LogP contribution in [0.5, 0.6) is 5.75 Å². The topological polar surface area (TPSA) is 113 Å². The number of hydrogen-bond acceptors (Lipinski definition) is 4. The van der Waals surface area contributed by atoms with Gasteiger partial charge >= 0.3 is 5.97 Å². The number of hydrogen-bond donors (Lipinski definition) is 4. The van der Waals surface area contributed by atoms with Crippen molar-refractivity contribution in [3.8, 4) is 5.75 Å². The molecule has 0 saturated heterocycles. The third-order valence-corrected chi connectivity index (χ3v) is 3.39. The van der Waals surface area contributed by atoms with Crippen molar-refractivity contribution < 1.29 is 19.8 Å². The Kier molecular flexibility index (Phi) is 7.99. The Morgan fingerprint density at radius 3 is 2.45 bits per heavy atom. The lowest BCUT2D eigenvalue weighted by Gasteiger charge is -2.08. The number of phenolic OH excluding ortho intramolecular Hbond substituents is 1. The van der Waals surface area contributed by atoms with Gasteiger partial charge in [-0.3, -0.25) is 9.59 Å². The highest BCUT2D eigenvalue weighted by Gasteiger charge is 2.10. The molecule has 1 aromatic rings. The van der Waals surface area contributed by atoms with Crippen molar-refractivity contribution >= 4 is 11.9 Å². The first-order chi connectivity index (χ1) is 10.5. The average molecular weight is 308 g/mol. The zero-order valence-corrected chi connectivity index (χ0v) is 12.7. The molecule has 6 heteroatoms. The van der Waals surface area contributed by atoms with Gasteiger partial charge in [0.1, 0.15) is 5.75 Å². The van der Waals surface area contributed by atoms with Crippen LogP contribution in [0, 0.1) is 0 Å².